The molecule has 0 aliphatic carbocycles. The molecule has 2 rings (SSSR count). The van der Waals surface area contributed by atoms with E-state index in [-0.39, 0.29) is 10.8 Å². The van der Waals surface area contributed by atoms with Crippen LogP contribution < -0.4 is 4.74 Å². The number of nitrogens with zero attached hydrogens (tertiary/aromatic N) is 2. The molecule has 1 aliphatic rings. The summed E-state index contributed by atoms with van der Waals surface area (Å²) in [5, 5.41) is 0. The predicted molar refractivity (Wildman–Crippen MR) is 97.1 cm³/mol. The molecule has 0 bridgehead atoms. The van der Waals surface area contributed by atoms with E-state index in [9.17, 15) is 13.2 Å². The molecule has 1 aromatic carbocycles. The SMILES string of the molecule is CCOc1ccc(S(=O)(=O)N2CCN(C(=O)CC(C)C)CC2)cc1C. The van der Waals surface area contributed by atoms with Gasteiger partial charge in [0, 0.05) is 32.6 Å². The van der Waals surface area contributed by atoms with Crippen LogP contribution in [0, 0.1) is 12.8 Å². The Kier molecular flexibility index (Phi) is 6.46. The molecule has 0 atom stereocenters. The van der Waals surface area contributed by atoms with Crippen LogP contribution in [0.25, 0.3) is 0 Å². The van der Waals surface area contributed by atoms with Crippen LogP contribution in [-0.2, 0) is 14.8 Å². The number of rotatable bonds is 6. The van der Waals surface area contributed by atoms with E-state index in [4.69, 9.17) is 4.74 Å². The molecule has 0 N–H and O–H groups in total. The molecule has 1 aliphatic heterocycles. The zero-order chi connectivity index (χ0) is 18.6. The van der Waals surface area contributed by atoms with Gasteiger partial charge in [-0.15, -0.1) is 0 Å². The Morgan fingerprint density at radius 3 is 2.36 bits per heavy atom. The Morgan fingerprint density at radius 2 is 1.84 bits per heavy atom. The van der Waals surface area contributed by atoms with Crippen LogP contribution >= 0.6 is 0 Å². The first-order chi connectivity index (χ1) is 11.8. The van der Waals surface area contributed by atoms with E-state index in [0.717, 1.165) is 5.56 Å². The first-order valence-electron chi connectivity index (χ1n) is 8.77. The van der Waals surface area contributed by atoms with Crippen LogP contribution in [0.2, 0.25) is 0 Å². The average molecular weight is 368 g/mol. The lowest BCUT2D eigenvalue weighted by Gasteiger charge is -2.34. The summed E-state index contributed by atoms with van der Waals surface area (Å²) in [6.07, 6.45) is 0.505. The van der Waals surface area contributed by atoms with Gasteiger partial charge in [-0.3, -0.25) is 4.79 Å². The molecule has 0 saturated carbocycles. The third kappa shape index (κ3) is 4.73. The van der Waals surface area contributed by atoms with E-state index in [0.29, 0.717) is 50.9 Å². The Labute approximate surface area is 150 Å². The maximum atomic E-state index is 12.8. The average Bonchev–Trinajstić information content (AvgIpc) is 2.56. The largest absolute Gasteiger partial charge is 0.494 e. The van der Waals surface area contributed by atoms with Crippen molar-refractivity contribution in [3.63, 3.8) is 0 Å². The molecule has 25 heavy (non-hydrogen) atoms. The smallest absolute Gasteiger partial charge is 0.243 e. The van der Waals surface area contributed by atoms with Gasteiger partial charge >= 0.3 is 0 Å². The summed E-state index contributed by atoms with van der Waals surface area (Å²) in [5.74, 6) is 1.11. The van der Waals surface area contributed by atoms with Gasteiger partial charge in [0.25, 0.3) is 0 Å². The van der Waals surface area contributed by atoms with Gasteiger partial charge in [0.05, 0.1) is 11.5 Å². The van der Waals surface area contributed by atoms with E-state index in [1.165, 1.54) is 4.31 Å². The highest BCUT2D eigenvalue weighted by Gasteiger charge is 2.30. The number of amides is 1. The fourth-order valence-electron chi connectivity index (χ4n) is 2.91. The first-order valence-corrected chi connectivity index (χ1v) is 10.2. The minimum atomic E-state index is -3.55. The second-order valence-electron chi connectivity index (χ2n) is 6.74. The highest BCUT2D eigenvalue weighted by atomic mass is 32.2. The van der Waals surface area contributed by atoms with Crippen molar-refractivity contribution < 1.29 is 17.9 Å². The quantitative estimate of drug-likeness (QED) is 0.773. The first kappa shape index (κ1) is 19.7. The fraction of sp³-hybridized carbons (Fsp3) is 0.611. The van der Waals surface area contributed by atoms with Gasteiger partial charge in [-0.1, -0.05) is 13.8 Å². The van der Waals surface area contributed by atoms with Gasteiger partial charge in [0.15, 0.2) is 0 Å². The molecule has 1 fully saturated rings. The summed E-state index contributed by atoms with van der Waals surface area (Å²) < 4.78 is 32.6. The number of hydrogen-bond donors (Lipinski definition) is 0. The van der Waals surface area contributed by atoms with Crippen molar-refractivity contribution in [2.45, 2.75) is 39.0 Å². The zero-order valence-electron chi connectivity index (χ0n) is 15.5. The minimum absolute atomic E-state index is 0.101. The summed E-state index contributed by atoms with van der Waals surface area (Å²) in [6, 6.07) is 4.94. The molecule has 1 amide bonds. The van der Waals surface area contributed by atoms with Crippen LogP contribution in [0.5, 0.6) is 5.75 Å². The second-order valence-corrected chi connectivity index (χ2v) is 8.68. The van der Waals surface area contributed by atoms with E-state index in [1.807, 2.05) is 27.7 Å². The number of piperazine rings is 1. The van der Waals surface area contributed by atoms with Crippen molar-refractivity contribution in [3.8, 4) is 5.75 Å². The van der Waals surface area contributed by atoms with Gasteiger partial charge in [0.1, 0.15) is 5.75 Å². The van der Waals surface area contributed by atoms with E-state index in [2.05, 4.69) is 0 Å². The third-order valence-corrected chi connectivity index (χ3v) is 6.15. The minimum Gasteiger partial charge on any atom is -0.494 e. The third-order valence-electron chi connectivity index (χ3n) is 4.26. The Hall–Kier alpha value is -1.60. The lowest BCUT2D eigenvalue weighted by atomic mass is 10.1. The standard InChI is InChI=1S/C18H28N2O4S/c1-5-24-17-7-6-16(13-15(17)4)25(22,23)20-10-8-19(9-11-20)18(21)12-14(2)3/h6-7,13-14H,5,8-12H2,1-4H3. The van der Waals surface area contributed by atoms with Crippen LogP contribution in [-0.4, -0.2) is 56.3 Å². The summed E-state index contributed by atoms with van der Waals surface area (Å²) in [6.45, 7) is 9.84. The van der Waals surface area contributed by atoms with E-state index >= 15 is 0 Å². The van der Waals surface area contributed by atoms with Gasteiger partial charge in [0.2, 0.25) is 15.9 Å². The molecule has 7 heteroatoms. The Morgan fingerprint density at radius 1 is 1.20 bits per heavy atom. The zero-order valence-corrected chi connectivity index (χ0v) is 16.3. The number of aryl methyl sites for hydroxylation is 1. The predicted octanol–water partition coefficient (Wildman–Crippen LogP) is 2.27. The maximum absolute atomic E-state index is 12.8. The monoisotopic (exact) mass is 368 g/mol. The van der Waals surface area contributed by atoms with Crippen LogP contribution in [0.4, 0.5) is 0 Å². The molecule has 140 valence electrons. The number of carbonyl (C=O) groups excluding carboxylic acids is 1. The number of carbonyl (C=O) groups is 1. The molecular weight excluding hydrogens is 340 g/mol. The van der Waals surface area contributed by atoms with E-state index < -0.39 is 10.0 Å². The Balaban J connectivity index is 2.07. The molecule has 0 spiro atoms. The number of ether oxygens (including phenoxy) is 1. The summed E-state index contributed by atoms with van der Waals surface area (Å²) in [4.78, 5) is 14.2. The van der Waals surface area contributed by atoms with Gasteiger partial charge < -0.3 is 9.64 Å². The normalized spacial score (nSPS) is 16.3. The van der Waals surface area contributed by atoms with Crippen LogP contribution in [0.1, 0.15) is 32.8 Å². The van der Waals surface area contributed by atoms with Crippen molar-refractivity contribution in [3.05, 3.63) is 23.8 Å². The van der Waals surface area contributed by atoms with Crippen molar-refractivity contribution in [2.75, 3.05) is 32.8 Å². The lowest BCUT2D eigenvalue weighted by Crippen LogP contribution is -2.50. The highest BCUT2D eigenvalue weighted by molar-refractivity contribution is 7.89. The molecule has 1 saturated heterocycles. The number of hydrogen-bond acceptors (Lipinski definition) is 4. The lowest BCUT2D eigenvalue weighted by molar-refractivity contribution is -0.133. The molecule has 1 aromatic rings. The number of sulfonamides is 1. The van der Waals surface area contributed by atoms with E-state index in [1.54, 1.807) is 23.1 Å². The van der Waals surface area contributed by atoms with Crippen LogP contribution in [0.3, 0.4) is 0 Å². The molecule has 0 aromatic heterocycles. The Bertz CT molecular complexity index is 708. The number of benzene rings is 1. The van der Waals surface area contributed by atoms with Crippen molar-refractivity contribution in [1.82, 2.24) is 9.21 Å². The van der Waals surface area contributed by atoms with Crippen molar-refractivity contribution >= 4 is 15.9 Å². The maximum Gasteiger partial charge on any atom is 0.243 e. The highest BCUT2D eigenvalue weighted by Crippen LogP contribution is 2.25. The van der Waals surface area contributed by atoms with Gasteiger partial charge in [-0.25, -0.2) is 8.42 Å². The van der Waals surface area contributed by atoms with Crippen molar-refractivity contribution in [1.29, 1.82) is 0 Å². The summed E-state index contributed by atoms with van der Waals surface area (Å²) in [7, 11) is -3.55. The molecule has 0 radical (unpaired) electrons. The van der Waals surface area contributed by atoms with Gasteiger partial charge in [-0.05, 0) is 43.5 Å². The summed E-state index contributed by atoms with van der Waals surface area (Å²) in [5.41, 5.74) is 0.800. The molecular formula is C18H28N2O4S. The molecule has 1 heterocycles. The second kappa shape index (κ2) is 8.19. The summed E-state index contributed by atoms with van der Waals surface area (Å²) >= 11 is 0. The van der Waals surface area contributed by atoms with Crippen molar-refractivity contribution in [2.24, 2.45) is 5.92 Å². The molecule has 0 unspecified atom stereocenters. The van der Waals surface area contributed by atoms with Crippen LogP contribution in [0.15, 0.2) is 23.1 Å². The fourth-order valence-corrected chi connectivity index (χ4v) is 4.41. The molecule has 6 nitrogen and oxygen atoms in total. The topological polar surface area (TPSA) is 66.9 Å². The van der Waals surface area contributed by atoms with Gasteiger partial charge in [-0.2, -0.15) is 4.31 Å².